The van der Waals surface area contributed by atoms with Gasteiger partial charge in [-0.05, 0) is 17.8 Å². The average Bonchev–Trinajstić information content (AvgIpc) is 2.80. The largest absolute Gasteiger partial charge is 0.453 e. The molecule has 0 aliphatic heterocycles. The van der Waals surface area contributed by atoms with Gasteiger partial charge in [0.1, 0.15) is 6.07 Å². The minimum absolute atomic E-state index is 0.0873. The van der Waals surface area contributed by atoms with Gasteiger partial charge in [-0.3, -0.25) is 10.1 Å². The Morgan fingerprint density at radius 1 is 1.41 bits per heavy atom. The molecule has 0 atom stereocenters. The summed E-state index contributed by atoms with van der Waals surface area (Å²) in [6.45, 7) is 0. The van der Waals surface area contributed by atoms with E-state index in [1.807, 2.05) is 0 Å². The van der Waals surface area contributed by atoms with Crippen LogP contribution in [-0.4, -0.2) is 19.8 Å². The van der Waals surface area contributed by atoms with E-state index in [0.717, 1.165) is 12.1 Å². The van der Waals surface area contributed by atoms with Crippen molar-refractivity contribution in [2.24, 2.45) is 0 Å². The predicted molar refractivity (Wildman–Crippen MR) is 67.1 cm³/mol. The number of hydrogen-bond acceptors (Lipinski definition) is 7. The molecule has 0 aliphatic carbocycles. The zero-order valence-electron chi connectivity index (χ0n) is 10.4. The lowest BCUT2D eigenvalue weighted by Gasteiger charge is -2.06. The zero-order chi connectivity index (χ0) is 16.5. The van der Waals surface area contributed by atoms with E-state index in [9.17, 15) is 23.3 Å². The smallest absolute Gasteiger partial charge is 0.335 e. The van der Waals surface area contributed by atoms with Gasteiger partial charge in [0.05, 0.1) is 10.5 Å². The van der Waals surface area contributed by atoms with Crippen LogP contribution in [-0.2, 0) is 6.18 Å². The first kappa shape index (κ1) is 15.6. The molecule has 0 saturated heterocycles. The lowest BCUT2D eigenvalue weighted by Crippen LogP contribution is -2.21. The maximum Gasteiger partial charge on any atom is 0.453 e. The van der Waals surface area contributed by atoms with Crippen LogP contribution < -0.4 is 5.84 Å². The lowest BCUT2D eigenvalue weighted by atomic mass is 10.2. The highest BCUT2D eigenvalue weighted by molar-refractivity contribution is 7.99. The van der Waals surface area contributed by atoms with Crippen LogP contribution in [0.2, 0.25) is 0 Å². The fourth-order valence-corrected chi connectivity index (χ4v) is 2.26. The minimum Gasteiger partial charge on any atom is -0.335 e. The van der Waals surface area contributed by atoms with E-state index in [4.69, 9.17) is 11.1 Å². The molecule has 2 N–H and O–H groups in total. The number of nitriles is 1. The van der Waals surface area contributed by atoms with E-state index in [0.29, 0.717) is 11.8 Å². The first-order valence-corrected chi connectivity index (χ1v) is 6.19. The highest BCUT2D eigenvalue weighted by Gasteiger charge is 2.38. The molecule has 0 saturated carbocycles. The van der Waals surface area contributed by atoms with E-state index in [1.54, 1.807) is 6.07 Å². The molecule has 114 valence electrons. The third kappa shape index (κ3) is 2.93. The third-order valence-corrected chi connectivity index (χ3v) is 3.45. The van der Waals surface area contributed by atoms with E-state index in [-0.39, 0.29) is 26.0 Å². The fraction of sp³-hybridized carbons (Fsp3) is 0.100. The van der Waals surface area contributed by atoms with Crippen LogP contribution in [0.15, 0.2) is 28.3 Å². The molecular formula is C10H5F3N6O2S. The summed E-state index contributed by atoms with van der Waals surface area (Å²) in [6, 6.07) is 5.07. The number of nitro benzene ring substituents is 1. The number of non-ortho nitro benzene ring substituents is 1. The number of nitrogen functional groups attached to an aromatic ring is 1. The number of halogens is 3. The zero-order valence-corrected chi connectivity index (χ0v) is 11.2. The van der Waals surface area contributed by atoms with Crippen molar-refractivity contribution in [3.8, 4) is 6.07 Å². The maximum atomic E-state index is 12.5. The number of nitrogens with zero attached hydrogens (tertiary/aromatic N) is 5. The predicted octanol–water partition coefficient (Wildman–Crippen LogP) is 1.94. The molecule has 0 unspecified atom stereocenters. The van der Waals surface area contributed by atoms with E-state index in [2.05, 4.69) is 10.2 Å². The lowest BCUT2D eigenvalue weighted by molar-refractivity contribution is -0.384. The summed E-state index contributed by atoms with van der Waals surface area (Å²) in [7, 11) is 0. The SMILES string of the molecule is N#Cc1cc([N+](=O)[O-])ccc1Sc1nnc(C(F)(F)F)n1N. The molecule has 0 radical (unpaired) electrons. The van der Waals surface area contributed by atoms with Gasteiger partial charge in [-0.2, -0.15) is 18.4 Å². The topological polar surface area (TPSA) is 124 Å². The van der Waals surface area contributed by atoms with Crippen LogP contribution in [0.25, 0.3) is 0 Å². The Hall–Kier alpha value is -2.81. The molecule has 1 aromatic carbocycles. The summed E-state index contributed by atoms with van der Waals surface area (Å²) >= 11 is 0.642. The summed E-state index contributed by atoms with van der Waals surface area (Å²) in [4.78, 5) is 10.1. The van der Waals surface area contributed by atoms with Crippen LogP contribution in [0.3, 0.4) is 0 Å². The molecule has 0 bridgehead atoms. The Bertz CT molecular complexity index is 782. The summed E-state index contributed by atoms with van der Waals surface area (Å²) in [6.07, 6.45) is -4.77. The number of hydrogen-bond donors (Lipinski definition) is 1. The van der Waals surface area contributed by atoms with Gasteiger partial charge >= 0.3 is 6.18 Å². The van der Waals surface area contributed by atoms with Crippen LogP contribution in [0.1, 0.15) is 11.4 Å². The molecule has 8 nitrogen and oxygen atoms in total. The Morgan fingerprint density at radius 3 is 2.59 bits per heavy atom. The quantitative estimate of drug-likeness (QED) is 0.518. The second kappa shape index (κ2) is 5.53. The first-order valence-electron chi connectivity index (χ1n) is 5.38. The summed E-state index contributed by atoms with van der Waals surface area (Å²) in [5.41, 5.74) is -0.401. The molecule has 22 heavy (non-hydrogen) atoms. The van der Waals surface area contributed by atoms with Crippen molar-refractivity contribution in [1.82, 2.24) is 14.9 Å². The highest BCUT2D eigenvalue weighted by Crippen LogP contribution is 2.33. The molecule has 12 heteroatoms. The summed E-state index contributed by atoms with van der Waals surface area (Å²) in [5, 5.41) is 25.5. The summed E-state index contributed by atoms with van der Waals surface area (Å²) in [5.74, 6) is 3.87. The molecule has 1 aromatic heterocycles. The molecule has 0 amide bonds. The number of alkyl halides is 3. The van der Waals surface area contributed by atoms with Crippen molar-refractivity contribution in [1.29, 1.82) is 5.26 Å². The van der Waals surface area contributed by atoms with E-state index >= 15 is 0 Å². The van der Waals surface area contributed by atoms with Gasteiger partial charge in [0.2, 0.25) is 5.16 Å². The van der Waals surface area contributed by atoms with E-state index in [1.165, 1.54) is 6.07 Å². The normalized spacial score (nSPS) is 11.2. The highest BCUT2D eigenvalue weighted by atomic mass is 32.2. The van der Waals surface area contributed by atoms with Crippen molar-refractivity contribution in [3.05, 3.63) is 39.7 Å². The van der Waals surface area contributed by atoms with Crippen LogP contribution in [0.4, 0.5) is 18.9 Å². The second-order valence-electron chi connectivity index (χ2n) is 3.83. The van der Waals surface area contributed by atoms with Gasteiger partial charge in [0.15, 0.2) is 0 Å². The maximum absolute atomic E-state index is 12.5. The molecule has 0 fully saturated rings. The van der Waals surface area contributed by atoms with Crippen molar-refractivity contribution < 1.29 is 18.1 Å². The standard InChI is InChI=1S/C10H5F3N6O2S/c11-10(12,13)8-16-17-9(18(8)15)22-7-2-1-6(19(20)21)3-5(7)4-14/h1-3H,15H2. The molecule has 0 spiro atoms. The van der Waals surface area contributed by atoms with Crippen molar-refractivity contribution >= 4 is 17.4 Å². The second-order valence-corrected chi connectivity index (χ2v) is 4.83. The van der Waals surface area contributed by atoms with Crippen LogP contribution in [0.5, 0.6) is 0 Å². The van der Waals surface area contributed by atoms with Gasteiger partial charge < -0.3 is 5.84 Å². The van der Waals surface area contributed by atoms with Crippen LogP contribution in [0, 0.1) is 21.4 Å². The Labute approximate surface area is 124 Å². The van der Waals surface area contributed by atoms with Crippen molar-refractivity contribution in [2.45, 2.75) is 16.2 Å². The number of benzene rings is 1. The average molecular weight is 330 g/mol. The monoisotopic (exact) mass is 330 g/mol. The van der Waals surface area contributed by atoms with Crippen molar-refractivity contribution in [3.63, 3.8) is 0 Å². The molecular weight excluding hydrogens is 325 g/mol. The number of nitrogens with two attached hydrogens (primary N) is 1. The third-order valence-electron chi connectivity index (χ3n) is 2.41. The first-order chi connectivity index (χ1) is 10.2. The molecule has 2 aromatic rings. The Morgan fingerprint density at radius 2 is 2.09 bits per heavy atom. The number of nitro groups is 1. The fourth-order valence-electron chi connectivity index (χ4n) is 1.45. The van der Waals surface area contributed by atoms with Gasteiger partial charge in [0.25, 0.3) is 11.5 Å². The van der Waals surface area contributed by atoms with Gasteiger partial charge in [-0.15, -0.1) is 10.2 Å². The molecule has 2 rings (SSSR count). The van der Waals surface area contributed by atoms with Gasteiger partial charge in [-0.25, -0.2) is 4.68 Å². The van der Waals surface area contributed by atoms with Crippen molar-refractivity contribution in [2.75, 3.05) is 5.84 Å². The number of aromatic nitrogens is 3. The number of rotatable bonds is 3. The molecule has 1 heterocycles. The van der Waals surface area contributed by atoms with E-state index < -0.39 is 16.9 Å². The van der Waals surface area contributed by atoms with Gasteiger partial charge in [-0.1, -0.05) is 0 Å². The Balaban J connectivity index is 2.38. The van der Waals surface area contributed by atoms with Gasteiger partial charge in [0, 0.05) is 17.0 Å². The molecule has 0 aliphatic rings. The van der Waals surface area contributed by atoms with Crippen LogP contribution >= 0.6 is 11.8 Å². The summed E-state index contributed by atoms with van der Waals surface area (Å²) < 4.78 is 37.9. The minimum atomic E-state index is -4.77. The Kier molecular flexibility index (Phi) is 3.91.